The number of fused-ring (bicyclic) bond motifs is 1. The number of ether oxygens (including phenoxy) is 4. The standard InChI is InChI=1S/C23H18ClN5O6S/c1-2-33-22(30)19-15-14-16(11(9-25)20(27-21(14)36-19)28-5-7-32-8-6-28)29(23(31)26-15)17-12(24)3-4-13-18(17)35-10-34-13/h3-4H,2,5-8,10H2,1H3,(H,26,31). The van der Waals surface area contributed by atoms with Crippen molar-refractivity contribution in [2.75, 3.05) is 54.8 Å². The lowest BCUT2D eigenvalue weighted by Gasteiger charge is -2.33. The summed E-state index contributed by atoms with van der Waals surface area (Å²) in [6, 6.07) is 4.87. The topological polar surface area (TPSA) is 126 Å². The first kappa shape index (κ1) is 22.7. The van der Waals surface area contributed by atoms with Crippen molar-refractivity contribution >= 4 is 68.0 Å². The Morgan fingerprint density at radius 2 is 2.11 bits per heavy atom. The summed E-state index contributed by atoms with van der Waals surface area (Å²) in [5.74, 6) is 0.510. The lowest BCUT2D eigenvalue weighted by molar-refractivity contribution is 0.0533. The van der Waals surface area contributed by atoms with Crippen LogP contribution in [0.5, 0.6) is 11.5 Å². The number of halogens is 1. The van der Waals surface area contributed by atoms with Crippen LogP contribution >= 0.6 is 22.9 Å². The molecule has 1 aromatic carbocycles. The lowest BCUT2D eigenvalue weighted by atomic mass is 10.1. The van der Waals surface area contributed by atoms with Crippen molar-refractivity contribution in [2.45, 2.75) is 6.92 Å². The predicted octanol–water partition coefficient (Wildman–Crippen LogP) is 4.25. The van der Waals surface area contributed by atoms with Crippen LogP contribution in [-0.2, 0) is 9.47 Å². The predicted molar refractivity (Wildman–Crippen MR) is 132 cm³/mol. The van der Waals surface area contributed by atoms with E-state index in [2.05, 4.69) is 11.4 Å². The molecule has 13 heteroatoms. The van der Waals surface area contributed by atoms with Gasteiger partial charge < -0.3 is 29.2 Å². The Kier molecular flexibility index (Phi) is 5.48. The molecule has 1 N–H and O–H groups in total. The Morgan fingerprint density at radius 3 is 2.86 bits per heavy atom. The summed E-state index contributed by atoms with van der Waals surface area (Å²) in [4.78, 5) is 35.1. The highest BCUT2D eigenvalue weighted by Crippen LogP contribution is 2.54. The van der Waals surface area contributed by atoms with E-state index < -0.39 is 12.0 Å². The van der Waals surface area contributed by atoms with E-state index in [1.807, 2.05) is 4.90 Å². The molecule has 0 saturated carbocycles. The van der Waals surface area contributed by atoms with Crippen LogP contribution in [-0.4, -0.2) is 56.7 Å². The maximum absolute atomic E-state index is 13.7. The van der Waals surface area contributed by atoms with Gasteiger partial charge in [0.15, 0.2) is 17.3 Å². The van der Waals surface area contributed by atoms with Gasteiger partial charge in [-0.3, -0.25) is 4.90 Å². The Hall–Kier alpha value is -3.79. The van der Waals surface area contributed by atoms with Crippen molar-refractivity contribution in [1.82, 2.24) is 4.98 Å². The van der Waals surface area contributed by atoms with Crippen molar-refractivity contribution in [3.8, 4) is 17.6 Å². The number of hydrogen-bond acceptors (Lipinski definition) is 10. The summed E-state index contributed by atoms with van der Waals surface area (Å²) in [6.07, 6.45) is 0. The smallest absolute Gasteiger partial charge is 0.350 e. The Balaban J connectivity index is 1.68. The third-order valence-corrected chi connectivity index (χ3v) is 7.39. The van der Waals surface area contributed by atoms with Crippen LogP contribution in [0.25, 0.3) is 10.2 Å². The maximum Gasteiger partial charge on any atom is 0.350 e. The second-order valence-electron chi connectivity index (χ2n) is 7.97. The zero-order valence-electron chi connectivity index (χ0n) is 18.9. The molecule has 0 spiro atoms. The molecule has 0 atom stereocenters. The van der Waals surface area contributed by atoms with Crippen LogP contribution in [0.15, 0.2) is 12.1 Å². The Bertz CT molecular complexity index is 1480. The Morgan fingerprint density at radius 1 is 1.31 bits per heavy atom. The van der Waals surface area contributed by atoms with Crippen LogP contribution < -0.4 is 24.6 Å². The first-order chi connectivity index (χ1) is 17.5. The summed E-state index contributed by atoms with van der Waals surface area (Å²) >= 11 is 7.69. The van der Waals surface area contributed by atoms with Gasteiger partial charge in [0.1, 0.15) is 27.0 Å². The second kappa shape index (κ2) is 8.70. The van der Waals surface area contributed by atoms with E-state index in [9.17, 15) is 14.9 Å². The molecule has 184 valence electrons. The molecule has 36 heavy (non-hydrogen) atoms. The molecule has 0 bridgehead atoms. The molecule has 0 radical (unpaired) electrons. The summed E-state index contributed by atoms with van der Waals surface area (Å²) < 4.78 is 21.9. The highest BCUT2D eigenvalue weighted by molar-refractivity contribution is 7.21. The summed E-state index contributed by atoms with van der Waals surface area (Å²) in [5, 5.41) is 13.8. The fraction of sp³-hybridized carbons (Fsp3) is 0.304. The van der Waals surface area contributed by atoms with Gasteiger partial charge in [-0.1, -0.05) is 11.6 Å². The van der Waals surface area contributed by atoms with Crippen LogP contribution in [0.4, 0.5) is 27.7 Å². The number of amides is 2. The number of carbonyl (C=O) groups is 2. The molecule has 0 aliphatic carbocycles. The minimum Gasteiger partial charge on any atom is -0.462 e. The van der Waals surface area contributed by atoms with Gasteiger partial charge >= 0.3 is 12.0 Å². The third kappa shape index (κ3) is 3.31. The van der Waals surface area contributed by atoms with Crippen LogP contribution in [0.3, 0.4) is 0 Å². The number of morpholine rings is 1. The molecule has 11 nitrogen and oxygen atoms in total. The molecule has 2 aromatic heterocycles. The van der Waals surface area contributed by atoms with Crippen LogP contribution in [0.2, 0.25) is 5.02 Å². The van der Waals surface area contributed by atoms with Crippen molar-refractivity contribution < 1.29 is 28.5 Å². The number of thiophene rings is 1. The molecule has 1 saturated heterocycles. The second-order valence-corrected chi connectivity index (χ2v) is 9.38. The van der Waals surface area contributed by atoms with E-state index >= 15 is 0 Å². The number of esters is 1. The molecule has 2 amide bonds. The van der Waals surface area contributed by atoms with E-state index in [1.54, 1.807) is 19.1 Å². The molecule has 3 aliphatic rings. The number of rotatable bonds is 4. The minimum absolute atomic E-state index is 0.0370. The van der Waals surface area contributed by atoms with Gasteiger partial charge in [0.25, 0.3) is 0 Å². The monoisotopic (exact) mass is 527 g/mol. The van der Waals surface area contributed by atoms with E-state index in [-0.39, 0.29) is 51.7 Å². The van der Waals surface area contributed by atoms with Crippen molar-refractivity contribution in [3.63, 3.8) is 0 Å². The number of urea groups is 1. The van der Waals surface area contributed by atoms with Gasteiger partial charge in [-0.05, 0) is 19.1 Å². The molecule has 1 fully saturated rings. The molecule has 6 rings (SSSR count). The molecule has 0 unspecified atom stereocenters. The van der Waals surface area contributed by atoms with E-state index in [0.717, 1.165) is 11.3 Å². The maximum atomic E-state index is 13.7. The normalized spacial score (nSPS) is 16.2. The first-order valence-corrected chi connectivity index (χ1v) is 12.3. The average Bonchev–Trinajstić information content (AvgIpc) is 3.50. The molecule has 3 aliphatic heterocycles. The summed E-state index contributed by atoms with van der Waals surface area (Å²) in [7, 11) is 0. The molecule has 5 heterocycles. The van der Waals surface area contributed by atoms with Crippen molar-refractivity contribution in [2.24, 2.45) is 0 Å². The van der Waals surface area contributed by atoms with Gasteiger partial charge in [-0.25, -0.2) is 14.6 Å². The number of carbonyl (C=O) groups excluding carboxylic acids is 2. The lowest BCUT2D eigenvalue weighted by Crippen LogP contribution is -2.39. The van der Waals surface area contributed by atoms with Gasteiger partial charge in [-0.2, -0.15) is 5.26 Å². The number of pyridine rings is 1. The number of nitriles is 1. The fourth-order valence-corrected chi connectivity index (χ4v) is 5.77. The van der Waals surface area contributed by atoms with Crippen molar-refractivity contribution in [1.29, 1.82) is 5.26 Å². The van der Waals surface area contributed by atoms with Crippen LogP contribution in [0.1, 0.15) is 22.2 Å². The van der Waals surface area contributed by atoms with E-state index in [0.29, 0.717) is 48.1 Å². The Labute approximate surface area is 213 Å². The molecule has 3 aromatic rings. The number of hydrogen-bond donors (Lipinski definition) is 1. The van der Waals surface area contributed by atoms with Gasteiger partial charge in [0, 0.05) is 13.1 Å². The quantitative estimate of drug-likeness (QED) is 0.495. The highest BCUT2D eigenvalue weighted by Gasteiger charge is 2.40. The van der Waals surface area contributed by atoms with Crippen molar-refractivity contribution in [3.05, 3.63) is 27.6 Å². The number of nitrogens with one attached hydrogen (secondary N) is 1. The fourth-order valence-electron chi connectivity index (χ4n) is 4.51. The van der Waals surface area contributed by atoms with Gasteiger partial charge in [-0.15, -0.1) is 11.3 Å². The van der Waals surface area contributed by atoms with Crippen LogP contribution in [0, 0.1) is 11.3 Å². The van der Waals surface area contributed by atoms with E-state index in [4.69, 9.17) is 35.5 Å². The molecular formula is C23H18ClN5O6S. The highest BCUT2D eigenvalue weighted by atomic mass is 35.5. The zero-order valence-corrected chi connectivity index (χ0v) is 20.5. The molecular weight excluding hydrogens is 510 g/mol. The number of benzene rings is 1. The zero-order chi connectivity index (χ0) is 25.0. The van der Waals surface area contributed by atoms with Gasteiger partial charge in [0.05, 0.1) is 41.6 Å². The first-order valence-electron chi connectivity index (χ1n) is 11.1. The summed E-state index contributed by atoms with van der Waals surface area (Å²) in [5.41, 5.74) is 0.917. The number of aromatic nitrogens is 1. The largest absolute Gasteiger partial charge is 0.462 e. The average molecular weight is 528 g/mol. The number of nitrogens with zero attached hydrogens (tertiary/aromatic N) is 4. The minimum atomic E-state index is -0.617. The van der Waals surface area contributed by atoms with Gasteiger partial charge in [0.2, 0.25) is 6.79 Å². The number of anilines is 4. The summed E-state index contributed by atoms with van der Waals surface area (Å²) in [6.45, 7) is 3.79. The third-order valence-electron chi connectivity index (χ3n) is 6.02. The SMILES string of the molecule is CCOC(=O)c1sc2nc(N3CCOCC3)c(C#N)c3c2c1NC(=O)N3c1c(Cl)ccc2c1OCO2. The van der Waals surface area contributed by atoms with E-state index in [1.165, 1.54) is 4.90 Å².